The van der Waals surface area contributed by atoms with Crippen LogP contribution >= 0.6 is 7.82 Å². The Morgan fingerprint density at radius 1 is 0.532 bits per heavy atom. The number of rotatable bonds is 49. The predicted octanol–water partition coefficient (Wildman–Crippen LogP) is 15.6. The summed E-state index contributed by atoms with van der Waals surface area (Å²) in [4.78, 5) is 23.2. The van der Waals surface area contributed by atoms with E-state index in [0.29, 0.717) is 17.4 Å². The number of phosphoric ester groups is 1. The van der Waals surface area contributed by atoms with Crippen molar-refractivity contribution >= 4 is 13.7 Å². The molecule has 0 heterocycles. The first-order valence-electron chi connectivity index (χ1n) is 26.7. The molecule has 0 rings (SSSR count). The van der Waals surface area contributed by atoms with Crippen molar-refractivity contribution in [3.05, 3.63) is 24.3 Å². The highest BCUT2D eigenvalue weighted by molar-refractivity contribution is 7.47. The fourth-order valence-corrected chi connectivity index (χ4v) is 8.66. The van der Waals surface area contributed by atoms with E-state index in [-0.39, 0.29) is 19.1 Å². The van der Waals surface area contributed by atoms with E-state index in [1.165, 1.54) is 186 Å². The maximum Gasteiger partial charge on any atom is 0.472 e. The van der Waals surface area contributed by atoms with Gasteiger partial charge in [0, 0.05) is 6.42 Å². The van der Waals surface area contributed by atoms with Crippen LogP contribution in [0.15, 0.2) is 24.3 Å². The first-order valence-corrected chi connectivity index (χ1v) is 28.2. The van der Waals surface area contributed by atoms with Crippen LogP contribution < -0.4 is 5.32 Å². The highest BCUT2D eigenvalue weighted by Crippen LogP contribution is 2.43. The highest BCUT2D eigenvalue weighted by Gasteiger charge is 2.27. The van der Waals surface area contributed by atoms with Gasteiger partial charge in [-0.15, -0.1) is 0 Å². The van der Waals surface area contributed by atoms with Crippen LogP contribution in [0, 0.1) is 0 Å². The number of nitrogens with one attached hydrogen (secondary N) is 1. The van der Waals surface area contributed by atoms with Crippen molar-refractivity contribution in [2.75, 3.05) is 40.9 Å². The van der Waals surface area contributed by atoms with Crippen molar-refractivity contribution < 1.29 is 32.9 Å². The van der Waals surface area contributed by atoms with E-state index in [0.717, 1.165) is 51.4 Å². The van der Waals surface area contributed by atoms with Gasteiger partial charge in [-0.3, -0.25) is 13.8 Å². The molecule has 0 spiro atoms. The number of aliphatic hydroxyl groups is 1. The topological polar surface area (TPSA) is 105 Å². The van der Waals surface area contributed by atoms with Gasteiger partial charge in [0.25, 0.3) is 0 Å². The van der Waals surface area contributed by atoms with Crippen LogP contribution in [-0.2, 0) is 18.4 Å². The molecule has 368 valence electrons. The largest absolute Gasteiger partial charge is 0.472 e. The maximum absolute atomic E-state index is 12.9. The van der Waals surface area contributed by atoms with Gasteiger partial charge in [-0.2, -0.15) is 0 Å². The van der Waals surface area contributed by atoms with Gasteiger partial charge in [-0.1, -0.05) is 231 Å². The van der Waals surface area contributed by atoms with Crippen molar-refractivity contribution in [3.63, 3.8) is 0 Å². The van der Waals surface area contributed by atoms with Gasteiger partial charge >= 0.3 is 7.82 Å². The summed E-state index contributed by atoms with van der Waals surface area (Å²) in [6, 6.07) is -0.848. The van der Waals surface area contributed by atoms with Gasteiger partial charge in [0.05, 0.1) is 39.9 Å². The van der Waals surface area contributed by atoms with Crippen LogP contribution in [0.4, 0.5) is 0 Å². The molecule has 0 aliphatic heterocycles. The summed E-state index contributed by atoms with van der Waals surface area (Å²) in [6.45, 7) is 4.82. The minimum absolute atomic E-state index is 0.0612. The molecule has 0 saturated carbocycles. The van der Waals surface area contributed by atoms with E-state index in [2.05, 4.69) is 31.3 Å². The van der Waals surface area contributed by atoms with E-state index in [4.69, 9.17) is 9.05 Å². The number of carbonyl (C=O) groups is 1. The van der Waals surface area contributed by atoms with Gasteiger partial charge in [0.1, 0.15) is 13.2 Å². The smallest absolute Gasteiger partial charge is 0.387 e. The van der Waals surface area contributed by atoms with E-state index in [1.807, 2.05) is 27.2 Å². The van der Waals surface area contributed by atoms with E-state index in [1.54, 1.807) is 6.08 Å². The number of amides is 1. The molecule has 62 heavy (non-hydrogen) atoms. The normalized spacial score (nSPS) is 14.2. The van der Waals surface area contributed by atoms with Crippen LogP contribution in [0.1, 0.15) is 258 Å². The Bertz CT molecular complexity index is 1060. The molecule has 0 aromatic carbocycles. The number of aliphatic hydroxyl groups excluding tert-OH is 1. The average Bonchev–Trinajstić information content (AvgIpc) is 3.23. The minimum atomic E-state index is -4.34. The van der Waals surface area contributed by atoms with E-state index < -0.39 is 20.0 Å². The maximum atomic E-state index is 12.9. The Hall–Kier alpha value is -1.02. The lowest BCUT2D eigenvalue weighted by Gasteiger charge is -2.25. The molecule has 3 unspecified atom stereocenters. The van der Waals surface area contributed by atoms with Gasteiger partial charge in [0.15, 0.2) is 0 Å². The van der Waals surface area contributed by atoms with E-state index >= 15 is 0 Å². The van der Waals surface area contributed by atoms with Gasteiger partial charge in [-0.05, 0) is 44.9 Å². The third kappa shape index (κ3) is 47.0. The number of allylic oxidation sites excluding steroid dienone is 3. The van der Waals surface area contributed by atoms with Crippen molar-refractivity contribution in [2.24, 2.45) is 0 Å². The molecule has 9 heteroatoms. The summed E-state index contributed by atoms with van der Waals surface area (Å²) in [5.74, 6) is -0.184. The number of unbranched alkanes of at least 4 members (excludes halogenated alkanes) is 34. The number of nitrogens with zero attached hydrogens (tertiary/aromatic N) is 1. The number of hydrogen-bond donors (Lipinski definition) is 3. The molecule has 3 atom stereocenters. The molecule has 0 aromatic heterocycles. The van der Waals surface area contributed by atoms with Gasteiger partial charge in [-0.25, -0.2) is 4.57 Å². The first-order chi connectivity index (χ1) is 30.0. The fraction of sp³-hybridized carbons (Fsp3) is 0.906. The number of phosphoric acid groups is 1. The molecule has 0 fully saturated rings. The first kappa shape index (κ1) is 61.0. The fourth-order valence-electron chi connectivity index (χ4n) is 7.92. The summed E-state index contributed by atoms with van der Waals surface area (Å²) in [6.07, 6.45) is 55.6. The summed E-state index contributed by atoms with van der Waals surface area (Å²) in [7, 11) is 1.57. The molecule has 0 saturated heterocycles. The Kier molecular flexibility index (Phi) is 44.4. The monoisotopic (exact) mass is 898 g/mol. The molecule has 8 nitrogen and oxygen atoms in total. The molecule has 1 amide bonds. The average molecular weight is 898 g/mol. The molecule has 3 N–H and O–H groups in total. The second kappa shape index (κ2) is 45.1. The Labute approximate surface area is 385 Å². The Balaban J connectivity index is 4.16. The zero-order chi connectivity index (χ0) is 45.7. The molecular weight excluding hydrogens is 792 g/mol. The highest BCUT2D eigenvalue weighted by atomic mass is 31.2. The molecule has 0 bridgehead atoms. The van der Waals surface area contributed by atoms with Crippen LogP contribution in [0.25, 0.3) is 0 Å². The molecule has 0 aliphatic carbocycles. The lowest BCUT2D eigenvalue weighted by molar-refractivity contribution is -0.870. The predicted molar refractivity (Wildman–Crippen MR) is 268 cm³/mol. The standard InChI is InChI=1S/C53H105N2O6P/c1-6-8-10-12-14-16-18-20-21-22-23-24-25-26-27-28-29-30-31-32-33-35-36-38-40-42-44-46-52(56)51(50-61-62(58,59)60-49-48-55(3,4)5)54-53(57)47-45-43-41-39-37-34-19-17-15-13-11-9-7-2/h17,19,44,46,51-52,56H,6-16,18,20-43,45,47-50H2,1-5H3,(H-,54,57,58,59)/p+1/b19-17-,46-44+. The lowest BCUT2D eigenvalue weighted by atomic mass is 10.0. The Morgan fingerprint density at radius 2 is 0.871 bits per heavy atom. The summed E-state index contributed by atoms with van der Waals surface area (Å²) in [5.41, 5.74) is 0. The quantitative estimate of drug-likeness (QED) is 0.0243. The third-order valence-electron chi connectivity index (χ3n) is 12.2. The summed E-state index contributed by atoms with van der Waals surface area (Å²) in [5, 5.41) is 13.9. The third-order valence-corrected chi connectivity index (χ3v) is 13.1. The molecule has 0 aliphatic rings. The van der Waals surface area contributed by atoms with Crippen LogP contribution in [-0.4, -0.2) is 73.4 Å². The van der Waals surface area contributed by atoms with Crippen LogP contribution in [0.5, 0.6) is 0 Å². The van der Waals surface area contributed by atoms with Crippen LogP contribution in [0.3, 0.4) is 0 Å². The molecule has 0 radical (unpaired) electrons. The minimum Gasteiger partial charge on any atom is -0.387 e. The number of hydrogen-bond acceptors (Lipinski definition) is 5. The second-order valence-corrected chi connectivity index (χ2v) is 21.1. The molecular formula is C53H106N2O6P+. The zero-order valence-corrected chi connectivity index (χ0v) is 42.8. The number of likely N-dealkylation sites (N-methyl/N-ethyl adjacent to an activating group) is 1. The number of quaternary nitrogens is 1. The van der Waals surface area contributed by atoms with Crippen molar-refractivity contribution in [1.82, 2.24) is 5.32 Å². The van der Waals surface area contributed by atoms with Gasteiger partial charge in [0.2, 0.25) is 5.91 Å². The summed E-state index contributed by atoms with van der Waals surface area (Å²) < 4.78 is 23.6. The second-order valence-electron chi connectivity index (χ2n) is 19.6. The number of carbonyl (C=O) groups excluding carboxylic acids is 1. The zero-order valence-electron chi connectivity index (χ0n) is 41.9. The molecule has 0 aromatic rings. The summed E-state index contributed by atoms with van der Waals surface area (Å²) >= 11 is 0. The van der Waals surface area contributed by atoms with Crippen molar-refractivity contribution in [1.29, 1.82) is 0 Å². The Morgan fingerprint density at radius 3 is 1.26 bits per heavy atom. The SMILES string of the molecule is CCCCCC/C=C\CCCCCCCC(=O)NC(COP(=O)(O)OCC[N+](C)(C)C)C(O)/C=C/CCCCCCCCCCCCCCCCCCCCCCCCCCC. The van der Waals surface area contributed by atoms with Gasteiger partial charge < -0.3 is 19.8 Å². The van der Waals surface area contributed by atoms with Crippen LogP contribution in [0.2, 0.25) is 0 Å². The van der Waals surface area contributed by atoms with Crippen molar-refractivity contribution in [3.8, 4) is 0 Å². The van der Waals surface area contributed by atoms with Crippen molar-refractivity contribution in [2.45, 2.75) is 270 Å². The van der Waals surface area contributed by atoms with E-state index in [9.17, 15) is 19.4 Å². The lowest BCUT2D eigenvalue weighted by Crippen LogP contribution is -2.45.